The first kappa shape index (κ1) is 15.9. The van der Waals surface area contributed by atoms with Crippen LogP contribution in [0.1, 0.15) is 37.8 Å². The van der Waals surface area contributed by atoms with Crippen molar-refractivity contribution in [3.8, 4) is 0 Å². The van der Waals surface area contributed by atoms with Crippen LogP contribution < -0.4 is 15.8 Å². The Morgan fingerprint density at radius 3 is 2.76 bits per heavy atom. The van der Waals surface area contributed by atoms with Gasteiger partial charge >= 0.3 is 0 Å². The number of amides is 1. The van der Waals surface area contributed by atoms with Crippen LogP contribution in [0.2, 0.25) is 0 Å². The van der Waals surface area contributed by atoms with Gasteiger partial charge in [0.2, 0.25) is 15.9 Å². The summed E-state index contributed by atoms with van der Waals surface area (Å²) in [6.45, 7) is 2.46. The normalized spacial score (nSPS) is 16.5. The Balaban J connectivity index is 1.85. The van der Waals surface area contributed by atoms with Crippen molar-refractivity contribution in [2.24, 2.45) is 5.14 Å². The van der Waals surface area contributed by atoms with Crippen LogP contribution in [0.15, 0.2) is 29.2 Å². The molecule has 1 atom stereocenters. The van der Waals surface area contributed by atoms with Crippen molar-refractivity contribution in [3.05, 3.63) is 29.8 Å². The summed E-state index contributed by atoms with van der Waals surface area (Å²) >= 11 is 0. The molecular weight excluding hydrogens is 290 g/mol. The zero-order chi connectivity index (χ0) is 15.5. The zero-order valence-electron chi connectivity index (χ0n) is 12.0. The maximum Gasteiger partial charge on any atom is 0.238 e. The summed E-state index contributed by atoms with van der Waals surface area (Å²) < 4.78 is 22.6. The lowest BCUT2D eigenvalue weighted by Crippen LogP contribution is -2.30. The first-order valence-corrected chi connectivity index (χ1v) is 8.56. The second-order valence-electron chi connectivity index (χ2n) is 5.39. The Hall–Kier alpha value is -1.44. The third kappa shape index (κ3) is 5.11. The molecule has 0 saturated heterocycles. The minimum atomic E-state index is -3.69. The van der Waals surface area contributed by atoms with Gasteiger partial charge < -0.3 is 10.6 Å². The molecule has 0 aromatic heterocycles. The number of hydrogen-bond donors (Lipinski definition) is 3. The number of nitrogens with one attached hydrogen (secondary N) is 2. The van der Waals surface area contributed by atoms with Crippen LogP contribution in [0.3, 0.4) is 0 Å². The predicted octanol–water partition coefficient (Wildman–Crippen LogP) is 0.653. The highest BCUT2D eigenvalue weighted by Gasteiger charge is 2.22. The van der Waals surface area contributed by atoms with E-state index >= 15 is 0 Å². The quantitative estimate of drug-likeness (QED) is 0.688. The molecule has 0 heterocycles. The Bertz CT molecular complexity index is 612. The molecule has 1 aromatic rings. The summed E-state index contributed by atoms with van der Waals surface area (Å²) in [6, 6.07) is 6.83. The molecule has 21 heavy (non-hydrogen) atoms. The van der Waals surface area contributed by atoms with Crippen LogP contribution >= 0.6 is 0 Å². The fourth-order valence-electron chi connectivity index (χ4n) is 2.01. The van der Waals surface area contributed by atoms with Crippen molar-refractivity contribution in [1.29, 1.82) is 0 Å². The largest absolute Gasteiger partial charge is 0.353 e. The van der Waals surface area contributed by atoms with Crippen molar-refractivity contribution < 1.29 is 13.2 Å². The summed E-state index contributed by atoms with van der Waals surface area (Å²) in [7, 11) is -3.69. The molecule has 1 unspecified atom stereocenters. The molecule has 1 aliphatic rings. The summed E-state index contributed by atoms with van der Waals surface area (Å²) in [5.74, 6) is 0.0514. The van der Waals surface area contributed by atoms with Crippen molar-refractivity contribution >= 4 is 15.9 Å². The number of rotatable bonds is 7. The number of carbonyl (C=O) groups excluding carboxylic acids is 1. The molecule has 116 valence electrons. The van der Waals surface area contributed by atoms with Crippen molar-refractivity contribution in [2.75, 3.05) is 6.54 Å². The lowest BCUT2D eigenvalue weighted by Gasteiger charge is -2.15. The molecule has 0 radical (unpaired) electrons. The van der Waals surface area contributed by atoms with Gasteiger partial charge in [0.25, 0.3) is 0 Å². The smallest absolute Gasteiger partial charge is 0.238 e. The van der Waals surface area contributed by atoms with Gasteiger partial charge in [-0.1, -0.05) is 12.1 Å². The third-order valence-corrected chi connectivity index (χ3v) is 4.34. The van der Waals surface area contributed by atoms with E-state index in [0.717, 1.165) is 18.4 Å². The van der Waals surface area contributed by atoms with Gasteiger partial charge in [-0.15, -0.1) is 0 Å². The van der Waals surface area contributed by atoms with Crippen molar-refractivity contribution in [1.82, 2.24) is 10.6 Å². The fourth-order valence-corrected chi connectivity index (χ4v) is 2.58. The van der Waals surface area contributed by atoms with Gasteiger partial charge in [0.1, 0.15) is 0 Å². The molecule has 1 saturated carbocycles. The number of sulfonamides is 1. The average Bonchev–Trinajstić information content (AvgIpc) is 3.21. The van der Waals surface area contributed by atoms with E-state index in [0.29, 0.717) is 19.0 Å². The van der Waals surface area contributed by atoms with Crippen LogP contribution in [0, 0.1) is 0 Å². The van der Waals surface area contributed by atoms with E-state index in [9.17, 15) is 13.2 Å². The van der Waals surface area contributed by atoms with Gasteiger partial charge in [0.15, 0.2) is 0 Å². The third-order valence-electron chi connectivity index (χ3n) is 3.43. The number of primary sulfonamides is 1. The molecule has 2 rings (SSSR count). The summed E-state index contributed by atoms with van der Waals surface area (Å²) in [5.41, 5.74) is 0.823. The average molecular weight is 311 g/mol. The maximum atomic E-state index is 11.6. The first-order valence-electron chi connectivity index (χ1n) is 7.02. The van der Waals surface area contributed by atoms with E-state index in [1.807, 2.05) is 13.0 Å². The lowest BCUT2D eigenvalue weighted by molar-refractivity contribution is -0.121. The molecule has 1 amide bonds. The number of nitrogens with two attached hydrogens (primary N) is 1. The standard InChI is InChI=1S/C14H21N3O3S/c1-10(16-8-7-14(18)17-12-5-6-12)11-3-2-4-13(9-11)21(15,19)20/h2-4,9-10,12,16H,5-8H2,1H3,(H,17,18)(H2,15,19,20). The van der Waals surface area contributed by atoms with E-state index in [2.05, 4.69) is 10.6 Å². The number of hydrogen-bond acceptors (Lipinski definition) is 4. The van der Waals surface area contributed by atoms with E-state index in [-0.39, 0.29) is 16.8 Å². The molecule has 1 aliphatic carbocycles. The first-order chi connectivity index (χ1) is 9.86. The Morgan fingerprint density at radius 1 is 1.43 bits per heavy atom. The van der Waals surface area contributed by atoms with Gasteiger partial charge in [-0.2, -0.15) is 0 Å². The number of carbonyl (C=O) groups is 1. The van der Waals surface area contributed by atoms with Crippen LogP contribution in [0.25, 0.3) is 0 Å². The van der Waals surface area contributed by atoms with E-state index in [4.69, 9.17) is 5.14 Å². The molecule has 1 fully saturated rings. The molecule has 4 N–H and O–H groups in total. The predicted molar refractivity (Wildman–Crippen MR) is 80.0 cm³/mol. The Kier molecular flexibility index (Phi) is 4.97. The molecule has 6 nitrogen and oxygen atoms in total. The second-order valence-corrected chi connectivity index (χ2v) is 6.95. The molecule has 0 spiro atoms. The molecular formula is C14H21N3O3S. The lowest BCUT2D eigenvalue weighted by atomic mass is 10.1. The topological polar surface area (TPSA) is 101 Å². The highest BCUT2D eigenvalue weighted by Crippen LogP contribution is 2.19. The van der Waals surface area contributed by atoms with E-state index < -0.39 is 10.0 Å². The van der Waals surface area contributed by atoms with Crippen molar-refractivity contribution in [3.63, 3.8) is 0 Å². The fraction of sp³-hybridized carbons (Fsp3) is 0.500. The summed E-state index contributed by atoms with van der Waals surface area (Å²) in [5, 5.41) is 11.2. The van der Waals surface area contributed by atoms with Crippen LogP contribution in [0.4, 0.5) is 0 Å². The van der Waals surface area contributed by atoms with Gasteiger partial charge in [-0.25, -0.2) is 13.6 Å². The van der Waals surface area contributed by atoms with Crippen LogP contribution in [0.5, 0.6) is 0 Å². The van der Waals surface area contributed by atoms with E-state index in [1.165, 1.54) is 6.07 Å². The molecule has 0 aliphatic heterocycles. The van der Waals surface area contributed by atoms with Crippen LogP contribution in [-0.4, -0.2) is 26.9 Å². The minimum Gasteiger partial charge on any atom is -0.353 e. The maximum absolute atomic E-state index is 11.6. The minimum absolute atomic E-state index is 0.0514. The Labute approximate surface area is 125 Å². The van der Waals surface area contributed by atoms with Crippen molar-refractivity contribution in [2.45, 2.75) is 43.2 Å². The van der Waals surface area contributed by atoms with Gasteiger partial charge in [0, 0.05) is 25.0 Å². The number of benzene rings is 1. The SMILES string of the molecule is CC(NCCC(=O)NC1CC1)c1cccc(S(N)(=O)=O)c1. The summed E-state index contributed by atoms with van der Waals surface area (Å²) in [6.07, 6.45) is 2.57. The van der Waals surface area contributed by atoms with Gasteiger partial charge in [-0.05, 0) is 37.5 Å². The van der Waals surface area contributed by atoms with Crippen LogP contribution in [-0.2, 0) is 14.8 Å². The highest BCUT2D eigenvalue weighted by atomic mass is 32.2. The van der Waals surface area contributed by atoms with E-state index in [1.54, 1.807) is 12.1 Å². The molecule has 7 heteroatoms. The molecule has 1 aromatic carbocycles. The Morgan fingerprint density at radius 2 is 2.14 bits per heavy atom. The van der Waals surface area contributed by atoms with Gasteiger partial charge in [-0.3, -0.25) is 4.79 Å². The zero-order valence-corrected chi connectivity index (χ0v) is 12.8. The van der Waals surface area contributed by atoms with Gasteiger partial charge in [0.05, 0.1) is 4.90 Å². The highest BCUT2D eigenvalue weighted by molar-refractivity contribution is 7.89. The summed E-state index contributed by atoms with van der Waals surface area (Å²) in [4.78, 5) is 11.6. The molecule has 0 bridgehead atoms. The second kappa shape index (κ2) is 6.55. The monoisotopic (exact) mass is 311 g/mol.